The number of hydrogen-bond donors (Lipinski definition) is 1. The monoisotopic (exact) mass is 264 g/mol. The van der Waals surface area contributed by atoms with Gasteiger partial charge in [-0.2, -0.15) is 0 Å². The molecule has 0 saturated carbocycles. The molecule has 0 bridgehead atoms. The molecule has 2 rings (SSSR count). The first kappa shape index (κ1) is 13.5. The molecule has 0 amide bonds. The lowest BCUT2D eigenvalue weighted by atomic mass is 9.97. The summed E-state index contributed by atoms with van der Waals surface area (Å²) in [5, 5.41) is 9.27. The molecular weight excluding hydrogens is 248 g/mol. The standard InChI is InChI=1S/C14H16O5/c15-12-3-1-2-10(6-12)8-19-14(17)7-11-9-18-5-4-13(11)16/h1-3,6,11,15H,4-5,7-9H2. The van der Waals surface area contributed by atoms with E-state index in [1.165, 1.54) is 6.07 Å². The van der Waals surface area contributed by atoms with Crippen molar-refractivity contribution in [1.29, 1.82) is 0 Å². The first-order valence-electron chi connectivity index (χ1n) is 6.19. The number of carbonyl (C=O) groups is 2. The maximum absolute atomic E-state index is 11.6. The summed E-state index contributed by atoms with van der Waals surface area (Å²) in [6.07, 6.45) is 0.419. The molecule has 1 unspecified atom stereocenters. The smallest absolute Gasteiger partial charge is 0.306 e. The van der Waals surface area contributed by atoms with Crippen LogP contribution < -0.4 is 0 Å². The number of phenols is 1. The van der Waals surface area contributed by atoms with Crippen LogP contribution in [-0.2, 0) is 25.7 Å². The van der Waals surface area contributed by atoms with Crippen molar-refractivity contribution in [2.45, 2.75) is 19.4 Å². The van der Waals surface area contributed by atoms with Crippen LogP contribution in [-0.4, -0.2) is 30.1 Å². The number of hydrogen-bond acceptors (Lipinski definition) is 5. The van der Waals surface area contributed by atoms with Crippen LogP contribution in [0.5, 0.6) is 5.75 Å². The van der Waals surface area contributed by atoms with Crippen molar-refractivity contribution >= 4 is 11.8 Å². The van der Waals surface area contributed by atoms with Crippen LogP contribution in [0, 0.1) is 5.92 Å². The Hall–Kier alpha value is -1.88. The zero-order valence-corrected chi connectivity index (χ0v) is 10.5. The Morgan fingerprint density at radius 1 is 1.47 bits per heavy atom. The molecule has 1 N–H and O–H groups in total. The Kier molecular flexibility index (Phi) is 4.52. The van der Waals surface area contributed by atoms with Crippen molar-refractivity contribution in [3.05, 3.63) is 29.8 Å². The lowest BCUT2D eigenvalue weighted by Gasteiger charge is -2.19. The zero-order valence-electron chi connectivity index (χ0n) is 10.5. The second-order valence-corrected chi connectivity index (χ2v) is 4.52. The Balaban J connectivity index is 1.79. The van der Waals surface area contributed by atoms with Gasteiger partial charge in [0.15, 0.2) is 0 Å². The highest BCUT2D eigenvalue weighted by Gasteiger charge is 2.25. The average molecular weight is 264 g/mol. The highest BCUT2D eigenvalue weighted by molar-refractivity contribution is 5.86. The minimum Gasteiger partial charge on any atom is -0.508 e. The Morgan fingerprint density at radius 3 is 3.05 bits per heavy atom. The number of carbonyl (C=O) groups excluding carboxylic acids is 2. The third kappa shape index (κ3) is 4.06. The van der Waals surface area contributed by atoms with Crippen molar-refractivity contribution in [3.63, 3.8) is 0 Å². The predicted octanol–water partition coefficient (Wildman–Crippen LogP) is 1.43. The molecule has 5 heteroatoms. The number of esters is 1. The number of rotatable bonds is 4. The van der Waals surface area contributed by atoms with Gasteiger partial charge in [0.05, 0.1) is 25.6 Å². The third-order valence-electron chi connectivity index (χ3n) is 2.99. The van der Waals surface area contributed by atoms with Gasteiger partial charge in [-0.3, -0.25) is 9.59 Å². The molecule has 102 valence electrons. The molecule has 1 aliphatic rings. The van der Waals surface area contributed by atoms with Gasteiger partial charge < -0.3 is 14.6 Å². The molecule has 1 aromatic carbocycles. The van der Waals surface area contributed by atoms with E-state index in [4.69, 9.17) is 9.47 Å². The summed E-state index contributed by atoms with van der Waals surface area (Å²) >= 11 is 0. The molecule has 19 heavy (non-hydrogen) atoms. The maximum Gasteiger partial charge on any atom is 0.306 e. The van der Waals surface area contributed by atoms with Crippen molar-refractivity contribution in [2.75, 3.05) is 13.2 Å². The summed E-state index contributed by atoms with van der Waals surface area (Å²) in [7, 11) is 0. The van der Waals surface area contributed by atoms with Crippen LogP contribution >= 0.6 is 0 Å². The minimum atomic E-state index is -0.424. The van der Waals surface area contributed by atoms with Crippen LogP contribution in [0.4, 0.5) is 0 Å². The van der Waals surface area contributed by atoms with E-state index in [0.29, 0.717) is 25.2 Å². The fraction of sp³-hybridized carbons (Fsp3) is 0.429. The van der Waals surface area contributed by atoms with Gasteiger partial charge in [-0.15, -0.1) is 0 Å². The van der Waals surface area contributed by atoms with Crippen molar-refractivity contribution in [1.82, 2.24) is 0 Å². The minimum absolute atomic E-state index is 0.0532. The van der Waals surface area contributed by atoms with Gasteiger partial charge in [-0.25, -0.2) is 0 Å². The predicted molar refractivity (Wildman–Crippen MR) is 66.5 cm³/mol. The van der Waals surface area contributed by atoms with Crippen molar-refractivity contribution in [2.24, 2.45) is 5.92 Å². The molecule has 0 spiro atoms. The molecule has 0 radical (unpaired) electrons. The third-order valence-corrected chi connectivity index (χ3v) is 2.99. The molecule has 0 aliphatic carbocycles. The molecule has 1 aromatic rings. The largest absolute Gasteiger partial charge is 0.508 e. The SMILES string of the molecule is O=C(CC1COCCC1=O)OCc1cccc(O)c1. The number of ketones is 1. The van der Waals surface area contributed by atoms with Gasteiger partial charge in [-0.1, -0.05) is 12.1 Å². The zero-order chi connectivity index (χ0) is 13.7. The van der Waals surface area contributed by atoms with Crippen LogP contribution in [0.2, 0.25) is 0 Å². The van der Waals surface area contributed by atoms with Gasteiger partial charge in [0.25, 0.3) is 0 Å². The Labute approximate surface area is 111 Å². The number of benzene rings is 1. The second-order valence-electron chi connectivity index (χ2n) is 4.52. The number of ether oxygens (including phenoxy) is 2. The Morgan fingerprint density at radius 2 is 2.32 bits per heavy atom. The molecular formula is C14H16O5. The molecule has 1 saturated heterocycles. The van der Waals surface area contributed by atoms with Crippen molar-refractivity contribution < 1.29 is 24.2 Å². The summed E-state index contributed by atoms with van der Waals surface area (Å²) in [6, 6.07) is 6.50. The van der Waals surface area contributed by atoms with E-state index < -0.39 is 5.97 Å². The second kappa shape index (κ2) is 6.33. The van der Waals surface area contributed by atoms with E-state index >= 15 is 0 Å². The van der Waals surface area contributed by atoms with E-state index in [2.05, 4.69) is 0 Å². The van der Waals surface area contributed by atoms with Crippen LogP contribution in [0.25, 0.3) is 0 Å². The molecule has 1 fully saturated rings. The molecule has 1 aliphatic heterocycles. The number of phenolic OH excluding ortho intramolecular Hbond substituents is 1. The van der Waals surface area contributed by atoms with E-state index in [1.807, 2.05) is 0 Å². The summed E-state index contributed by atoms with van der Waals surface area (Å²) in [5.74, 6) is -0.623. The topological polar surface area (TPSA) is 72.8 Å². The van der Waals surface area contributed by atoms with Crippen molar-refractivity contribution in [3.8, 4) is 5.75 Å². The summed E-state index contributed by atoms with van der Waals surface area (Å²) in [4.78, 5) is 23.2. The van der Waals surface area contributed by atoms with Gasteiger partial charge in [0, 0.05) is 6.42 Å². The summed E-state index contributed by atoms with van der Waals surface area (Å²) < 4.78 is 10.2. The lowest BCUT2D eigenvalue weighted by Crippen LogP contribution is -2.29. The normalized spacial score (nSPS) is 19.2. The number of aromatic hydroxyl groups is 1. The summed E-state index contributed by atoms with van der Waals surface area (Å²) in [5.41, 5.74) is 0.708. The molecule has 1 atom stereocenters. The highest BCUT2D eigenvalue weighted by Crippen LogP contribution is 2.16. The molecule has 0 aromatic heterocycles. The fourth-order valence-electron chi connectivity index (χ4n) is 1.94. The Bertz CT molecular complexity index is 469. The molecule has 1 heterocycles. The fourth-order valence-corrected chi connectivity index (χ4v) is 1.94. The van der Waals surface area contributed by atoms with E-state index in [1.54, 1.807) is 18.2 Å². The lowest BCUT2D eigenvalue weighted by molar-refractivity contribution is -0.150. The molecule has 5 nitrogen and oxygen atoms in total. The van der Waals surface area contributed by atoms with Gasteiger partial charge in [0.2, 0.25) is 0 Å². The summed E-state index contributed by atoms with van der Waals surface area (Å²) in [6.45, 7) is 0.822. The first-order valence-corrected chi connectivity index (χ1v) is 6.19. The quantitative estimate of drug-likeness (QED) is 0.833. The van der Waals surface area contributed by atoms with Crippen LogP contribution in [0.15, 0.2) is 24.3 Å². The highest BCUT2D eigenvalue weighted by atomic mass is 16.5. The van der Waals surface area contributed by atoms with Gasteiger partial charge >= 0.3 is 5.97 Å². The van der Waals surface area contributed by atoms with Gasteiger partial charge in [0.1, 0.15) is 18.1 Å². The van der Waals surface area contributed by atoms with E-state index in [-0.39, 0.29) is 30.5 Å². The maximum atomic E-state index is 11.6. The van der Waals surface area contributed by atoms with Crippen LogP contribution in [0.3, 0.4) is 0 Å². The number of Topliss-reactive ketones (excluding diaryl/α,β-unsaturated/α-hetero) is 1. The first-order chi connectivity index (χ1) is 9.15. The van der Waals surface area contributed by atoms with E-state index in [0.717, 1.165) is 0 Å². The van der Waals surface area contributed by atoms with E-state index in [9.17, 15) is 14.7 Å². The van der Waals surface area contributed by atoms with Gasteiger partial charge in [-0.05, 0) is 17.7 Å². The average Bonchev–Trinajstić information content (AvgIpc) is 2.39. The van der Waals surface area contributed by atoms with Crippen LogP contribution in [0.1, 0.15) is 18.4 Å².